The van der Waals surface area contributed by atoms with E-state index >= 15 is 0 Å². The highest BCUT2D eigenvalue weighted by molar-refractivity contribution is 5.70. The van der Waals surface area contributed by atoms with Crippen molar-refractivity contribution in [1.29, 1.82) is 0 Å². The highest BCUT2D eigenvalue weighted by Crippen LogP contribution is 2.42. The van der Waals surface area contributed by atoms with E-state index in [1.165, 1.54) is 0 Å². The monoisotopic (exact) mass is 489 g/mol. The van der Waals surface area contributed by atoms with Crippen molar-refractivity contribution < 1.29 is 19.0 Å². The van der Waals surface area contributed by atoms with Crippen LogP contribution in [0.15, 0.2) is 53.1 Å². The van der Waals surface area contributed by atoms with Crippen molar-refractivity contribution in [2.45, 2.75) is 38.7 Å². The lowest BCUT2D eigenvalue weighted by atomic mass is 10.0. The van der Waals surface area contributed by atoms with Crippen LogP contribution in [0.25, 0.3) is 11.5 Å². The normalized spacial score (nSPS) is 17.0. The highest BCUT2D eigenvalue weighted by atomic mass is 16.7. The molecule has 5 rings (SSSR count). The molecule has 11 nitrogen and oxygen atoms in total. The summed E-state index contributed by atoms with van der Waals surface area (Å²) in [4.78, 5) is 13.8. The summed E-state index contributed by atoms with van der Waals surface area (Å²) >= 11 is 0. The predicted octanol–water partition coefficient (Wildman–Crippen LogP) is 4.03. The molecule has 1 aromatic carbocycles. The lowest BCUT2D eigenvalue weighted by molar-refractivity contribution is -0.175. The number of pyridine rings is 1. The lowest BCUT2D eigenvalue weighted by Gasteiger charge is -2.20. The number of hydrogen-bond donors (Lipinski definition) is 3. The molecular weight excluding hydrogens is 462 g/mol. The maximum atomic E-state index is 10.1. The number of rotatable bonds is 8. The van der Waals surface area contributed by atoms with Crippen LogP contribution in [0, 0.1) is 6.92 Å². The third kappa shape index (κ3) is 4.63. The Kier molecular flexibility index (Phi) is 6.35. The molecule has 1 unspecified atom stereocenters. The summed E-state index contributed by atoms with van der Waals surface area (Å²) in [5.74, 6) is 1.96. The SMILES string of the molecule is COC1OC(C)(C)c2nc(Nc3ncc(-c4nnc(C)o4)c(N[C@H](CO)c4ccccc4)n3)ccc21. The minimum absolute atomic E-state index is 0.152. The minimum atomic E-state index is -0.606. The van der Waals surface area contributed by atoms with Crippen LogP contribution in [0.1, 0.15) is 48.9 Å². The molecule has 0 spiro atoms. The van der Waals surface area contributed by atoms with Crippen LogP contribution in [-0.2, 0) is 15.1 Å². The number of anilines is 3. The minimum Gasteiger partial charge on any atom is -0.421 e. The Morgan fingerprint density at radius 3 is 2.61 bits per heavy atom. The molecule has 0 aliphatic carbocycles. The number of aliphatic hydroxyl groups is 1. The van der Waals surface area contributed by atoms with Crippen molar-refractivity contribution >= 4 is 17.6 Å². The van der Waals surface area contributed by atoms with Crippen LogP contribution in [0.5, 0.6) is 0 Å². The zero-order valence-electron chi connectivity index (χ0n) is 20.4. The van der Waals surface area contributed by atoms with Crippen molar-refractivity contribution in [3.8, 4) is 11.5 Å². The first kappa shape index (κ1) is 23.8. The van der Waals surface area contributed by atoms with Gasteiger partial charge in [0.1, 0.15) is 17.2 Å². The van der Waals surface area contributed by atoms with Gasteiger partial charge in [-0.1, -0.05) is 30.3 Å². The second kappa shape index (κ2) is 9.61. The number of hydrogen-bond acceptors (Lipinski definition) is 11. The molecule has 4 aromatic rings. The number of fused-ring (bicyclic) bond motifs is 1. The maximum Gasteiger partial charge on any atom is 0.253 e. The van der Waals surface area contributed by atoms with Gasteiger partial charge in [0.05, 0.1) is 23.9 Å². The van der Waals surface area contributed by atoms with Crippen LogP contribution in [0.4, 0.5) is 17.6 Å². The Bertz CT molecular complexity index is 1360. The van der Waals surface area contributed by atoms with Crippen molar-refractivity contribution in [2.24, 2.45) is 0 Å². The molecule has 2 atom stereocenters. The van der Waals surface area contributed by atoms with Crippen molar-refractivity contribution in [3.63, 3.8) is 0 Å². The second-order valence-corrected chi connectivity index (χ2v) is 8.83. The van der Waals surface area contributed by atoms with Crippen LogP contribution in [0.2, 0.25) is 0 Å². The fourth-order valence-corrected chi connectivity index (χ4v) is 4.09. The van der Waals surface area contributed by atoms with Gasteiger partial charge in [-0.3, -0.25) is 0 Å². The smallest absolute Gasteiger partial charge is 0.253 e. The Morgan fingerprint density at radius 2 is 1.92 bits per heavy atom. The average molecular weight is 490 g/mol. The first-order chi connectivity index (χ1) is 17.4. The van der Waals surface area contributed by atoms with Gasteiger partial charge in [-0.25, -0.2) is 9.97 Å². The molecule has 1 aliphatic rings. The van der Waals surface area contributed by atoms with E-state index in [9.17, 15) is 5.11 Å². The molecule has 0 saturated heterocycles. The zero-order chi connectivity index (χ0) is 25.3. The van der Waals surface area contributed by atoms with Gasteiger partial charge in [0.25, 0.3) is 5.89 Å². The number of nitrogens with one attached hydrogen (secondary N) is 2. The molecule has 11 heteroatoms. The molecule has 3 aromatic heterocycles. The molecule has 1 aliphatic heterocycles. The van der Waals surface area contributed by atoms with Crippen LogP contribution >= 0.6 is 0 Å². The van der Waals surface area contributed by atoms with E-state index in [-0.39, 0.29) is 12.5 Å². The fourth-order valence-electron chi connectivity index (χ4n) is 4.09. The summed E-state index contributed by atoms with van der Waals surface area (Å²) in [5, 5.41) is 24.6. The fraction of sp³-hybridized carbons (Fsp3) is 0.320. The van der Waals surface area contributed by atoms with Gasteiger partial charge in [-0.15, -0.1) is 10.2 Å². The molecule has 3 N–H and O–H groups in total. The largest absolute Gasteiger partial charge is 0.421 e. The average Bonchev–Trinajstić information content (AvgIpc) is 3.43. The number of ether oxygens (including phenoxy) is 2. The van der Waals surface area contributed by atoms with Crippen molar-refractivity contribution in [1.82, 2.24) is 25.1 Å². The summed E-state index contributed by atoms with van der Waals surface area (Å²) in [6.45, 7) is 5.45. The van der Waals surface area contributed by atoms with Gasteiger partial charge in [-0.2, -0.15) is 4.98 Å². The van der Waals surface area contributed by atoms with Crippen molar-refractivity contribution in [3.05, 3.63) is 71.4 Å². The predicted molar refractivity (Wildman–Crippen MR) is 131 cm³/mol. The van der Waals surface area contributed by atoms with E-state index in [1.807, 2.05) is 56.3 Å². The number of methoxy groups -OCH3 is 1. The standard InChI is InChI=1S/C25H27N7O4/c1-14-31-32-22(35-14)17-12-26-24(30-21(17)27-18(13-33)15-8-6-5-7-9-15)29-19-11-10-16-20(28-19)25(2,3)36-23(16)34-4/h5-12,18,23,33H,13H2,1-4H3,(H2,26,27,28,29,30)/t18-,23?/m1/s1. The van der Waals surface area contributed by atoms with Crippen LogP contribution in [0.3, 0.4) is 0 Å². The number of aromatic nitrogens is 5. The first-order valence-corrected chi connectivity index (χ1v) is 11.5. The molecule has 0 radical (unpaired) electrons. The van der Waals surface area contributed by atoms with E-state index in [0.717, 1.165) is 16.8 Å². The first-order valence-electron chi connectivity index (χ1n) is 11.5. The lowest BCUT2D eigenvalue weighted by Crippen LogP contribution is -2.18. The molecule has 0 amide bonds. The molecular formula is C25H27N7O4. The molecule has 0 fully saturated rings. The molecule has 4 heterocycles. The van der Waals surface area contributed by atoms with Gasteiger partial charge in [-0.05, 0) is 31.5 Å². The maximum absolute atomic E-state index is 10.1. The van der Waals surface area contributed by atoms with Gasteiger partial charge in [0, 0.05) is 25.8 Å². The van der Waals surface area contributed by atoms with Crippen LogP contribution < -0.4 is 10.6 Å². The summed E-state index contributed by atoms with van der Waals surface area (Å²) < 4.78 is 17.0. The number of benzene rings is 1. The van der Waals surface area contributed by atoms with Crippen LogP contribution in [-0.4, -0.2) is 44.0 Å². The molecule has 186 valence electrons. The highest BCUT2D eigenvalue weighted by Gasteiger charge is 2.39. The summed E-state index contributed by atoms with van der Waals surface area (Å²) in [6, 6.07) is 12.9. The molecule has 36 heavy (non-hydrogen) atoms. The Morgan fingerprint density at radius 1 is 1.11 bits per heavy atom. The van der Waals surface area contributed by atoms with E-state index < -0.39 is 17.9 Å². The quantitative estimate of drug-likeness (QED) is 0.330. The van der Waals surface area contributed by atoms with Gasteiger partial charge in [0.2, 0.25) is 11.8 Å². The third-order valence-corrected chi connectivity index (χ3v) is 5.85. The summed E-state index contributed by atoms with van der Waals surface area (Å²) in [6.07, 6.45) is 1.12. The van der Waals surface area contributed by atoms with E-state index in [0.29, 0.717) is 29.0 Å². The second-order valence-electron chi connectivity index (χ2n) is 8.83. The van der Waals surface area contributed by atoms with E-state index in [1.54, 1.807) is 20.2 Å². The Balaban J connectivity index is 1.49. The van der Waals surface area contributed by atoms with Gasteiger partial charge >= 0.3 is 0 Å². The Hall–Kier alpha value is -3.93. The third-order valence-electron chi connectivity index (χ3n) is 5.85. The number of nitrogens with zero attached hydrogens (tertiary/aromatic N) is 5. The van der Waals surface area contributed by atoms with Gasteiger partial charge in [0.15, 0.2) is 6.29 Å². The number of aryl methyl sites for hydroxylation is 1. The zero-order valence-corrected chi connectivity index (χ0v) is 20.4. The topological polar surface area (TPSA) is 140 Å². The summed E-state index contributed by atoms with van der Waals surface area (Å²) in [5.41, 5.74) is 2.46. The van der Waals surface area contributed by atoms with Crippen molar-refractivity contribution in [2.75, 3.05) is 24.4 Å². The number of aliphatic hydroxyl groups excluding tert-OH is 1. The Labute approximate surface area is 207 Å². The van der Waals surface area contributed by atoms with E-state index in [4.69, 9.17) is 18.9 Å². The van der Waals surface area contributed by atoms with Gasteiger partial charge < -0.3 is 29.6 Å². The molecule has 0 saturated carbocycles. The molecule has 0 bridgehead atoms. The summed E-state index contributed by atoms with van der Waals surface area (Å²) in [7, 11) is 1.60. The van der Waals surface area contributed by atoms with E-state index in [2.05, 4.69) is 30.8 Å².